The van der Waals surface area contributed by atoms with Gasteiger partial charge in [0.05, 0.1) is 35.3 Å². The quantitative estimate of drug-likeness (QED) is 0.246. The fourth-order valence-corrected chi connectivity index (χ4v) is 5.40. The maximum absolute atomic E-state index is 13.0. The summed E-state index contributed by atoms with van der Waals surface area (Å²) in [5.74, 6) is 0.589. The van der Waals surface area contributed by atoms with E-state index in [-0.39, 0.29) is 17.9 Å². The molecule has 0 saturated carbocycles. The van der Waals surface area contributed by atoms with Gasteiger partial charge in [0, 0.05) is 41.2 Å². The molecule has 2 aliphatic rings. The SMILES string of the molecule is CCOc1cc2c(cc1NC(=O)c1ccccc1)C(Nc1ccc(OCC3CCCCN3)c(Cl)c1)C(C#N)CN2. The van der Waals surface area contributed by atoms with Crippen LogP contribution in [0.3, 0.4) is 0 Å². The van der Waals surface area contributed by atoms with Gasteiger partial charge in [-0.15, -0.1) is 0 Å². The van der Waals surface area contributed by atoms with Gasteiger partial charge in [0.1, 0.15) is 18.1 Å². The number of hydrogen-bond acceptors (Lipinski definition) is 7. The molecule has 3 unspecified atom stereocenters. The molecule has 1 saturated heterocycles. The van der Waals surface area contributed by atoms with Gasteiger partial charge in [0.25, 0.3) is 5.91 Å². The first-order valence-electron chi connectivity index (χ1n) is 13.8. The lowest BCUT2D eigenvalue weighted by Gasteiger charge is -2.33. The van der Waals surface area contributed by atoms with Crippen LogP contribution in [-0.4, -0.2) is 38.3 Å². The first kappa shape index (κ1) is 27.6. The van der Waals surface area contributed by atoms with Crippen LogP contribution in [-0.2, 0) is 0 Å². The smallest absolute Gasteiger partial charge is 0.255 e. The fourth-order valence-electron chi connectivity index (χ4n) is 5.16. The standard InChI is InChI=1S/C31H34ClN5O3/c1-2-39-29-16-26-24(15-27(29)37-31(38)20-8-4-3-5-9-20)30(21(17-33)18-35-26)36-22-11-12-28(25(32)14-22)40-19-23-10-6-7-13-34-23/h3-5,8-9,11-12,14-16,21,23,30,34-36H,2,6-7,10,13,18-19H2,1H3,(H,37,38). The number of anilines is 3. The van der Waals surface area contributed by atoms with Crippen molar-refractivity contribution < 1.29 is 14.3 Å². The first-order valence-corrected chi connectivity index (χ1v) is 14.2. The second kappa shape index (κ2) is 12.9. The molecule has 40 heavy (non-hydrogen) atoms. The highest BCUT2D eigenvalue weighted by molar-refractivity contribution is 6.32. The van der Waals surface area contributed by atoms with Crippen molar-refractivity contribution in [1.29, 1.82) is 5.26 Å². The van der Waals surface area contributed by atoms with Crippen molar-refractivity contribution in [3.63, 3.8) is 0 Å². The highest BCUT2D eigenvalue weighted by Gasteiger charge is 2.31. The minimum absolute atomic E-state index is 0.239. The predicted octanol–water partition coefficient (Wildman–Crippen LogP) is 6.23. The number of carbonyl (C=O) groups is 1. The summed E-state index contributed by atoms with van der Waals surface area (Å²) in [6.45, 7) is 4.40. The Morgan fingerprint density at radius 3 is 2.67 bits per heavy atom. The molecule has 0 bridgehead atoms. The largest absolute Gasteiger partial charge is 0.492 e. The number of rotatable bonds is 9. The van der Waals surface area contributed by atoms with E-state index < -0.39 is 0 Å². The number of carbonyl (C=O) groups excluding carboxylic acids is 1. The zero-order chi connectivity index (χ0) is 27.9. The van der Waals surface area contributed by atoms with Crippen LogP contribution in [0.5, 0.6) is 11.5 Å². The number of nitriles is 1. The van der Waals surface area contributed by atoms with Crippen LogP contribution >= 0.6 is 11.6 Å². The number of halogens is 1. The van der Waals surface area contributed by atoms with E-state index in [2.05, 4.69) is 27.3 Å². The molecule has 3 aromatic rings. The predicted molar refractivity (Wildman–Crippen MR) is 159 cm³/mol. The summed E-state index contributed by atoms with van der Waals surface area (Å²) in [4.78, 5) is 13.0. The van der Waals surface area contributed by atoms with Crippen LogP contribution in [0.1, 0.15) is 48.1 Å². The van der Waals surface area contributed by atoms with Crippen molar-refractivity contribution in [2.45, 2.75) is 38.3 Å². The second-order valence-electron chi connectivity index (χ2n) is 10.0. The zero-order valence-corrected chi connectivity index (χ0v) is 23.3. The molecule has 1 fully saturated rings. The molecule has 1 amide bonds. The molecular formula is C31H34ClN5O3. The molecule has 4 N–H and O–H groups in total. The van der Waals surface area contributed by atoms with Gasteiger partial charge in [-0.05, 0) is 62.7 Å². The van der Waals surface area contributed by atoms with E-state index in [4.69, 9.17) is 21.1 Å². The van der Waals surface area contributed by atoms with Crippen molar-refractivity contribution in [3.05, 3.63) is 76.8 Å². The Morgan fingerprint density at radius 1 is 1.10 bits per heavy atom. The Labute approximate surface area is 240 Å². The van der Waals surface area contributed by atoms with Crippen LogP contribution in [0.15, 0.2) is 60.7 Å². The summed E-state index contributed by atoms with van der Waals surface area (Å²) in [5.41, 5.74) is 3.55. The second-order valence-corrected chi connectivity index (χ2v) is 10.4. The van der Waals surface area contributed by atoms with E-state index in [1.807, 2.05) is 55.5 Å². The normalized spacial score (nSPS) is 19.9. The Bertz CT molecular complexity index is 1370. The van der Waals surface area contributed by atoms with Crippen molar-refractivity contribution in [3.8, 4) is 17.6 Å². The Kier molecular flexibility index (Phi) is 8.94. The summed E-state index contributed by atoms with van der Waals surface area (Å²) in [5, 5.41) is 23.8. The van der Waals surface area contributed by atoms with Crippen molar-refractivity contribution in [2.24, 2.45) is 5.92 Å². The van der Waals surface area contributed by atoms with Crippen molar-refractivity contribution >= 4 is 34.6 Å². The topological polar surface area (TPSA) is 107 Å². The molecule has 0 aromatic heterocycles. The molecule has 3 atom stereocenters. The van der Waals surface area contributed by atoms with Crippen LogP contribution in [0.4, 0.5) is 17.1 Å². The number of ether oxygens (including phenoxy) is 2. The lowest BCUT2D eigenvalue weighted by Crippen LogP contribution is -2.38. The highest BCUT2D eigenvalue weighted by Crippen LogP contribution is 2.42. The number of benzene rings is 3. The van der Waals surface area contributed by atoms with E-state index >= 15 is 0 Å². The third-order valence-electron chi connectivity index (χ3n) is 7.26. The molecule has 0 radical (unpaired) electrons. The third kappa shape index (κ3) is 6.44. The lowest BCUT2D eigenvalue weighted by atomic mass is 9.88. The molecule has 9 heteroatoms. The van der Waals surface area contributed by atoms with Gasteiger partial charge < -0.3 is 30.7 Å². The van der Waals surface area contributed by atoms with Crippen LogP contribution in [0.2, 0.25) is 5.02 Å². The van der Waals surface area contributed by atoms with Gasteiger partial charge in [-0.1, -0.05) is 36.2 Å². The third-order valence-corrected chi connectivity index (χ3v) is 7.55. The first-order chi connectivity index (χ1) is 19.6. The van der Waals surface area contributed by atoms with Crippen molar-refractivity contribution in [2.75, 3.05) is 42.3 Å². The van der Waals surface area contributed by atoms with E-state index in [1.165, 1.54) is 12.8 Å². The molecule has 0 aliphatic carbocycles. The van der Waals surface area contributed by atoms with Gasteiger partial charge >= 0.3 is 0 Å². The number of nitrogens with zero attached hydrogens (tertiary/aromatic N) is 1. The number of fused-ring (bicyclic) bond motifs is 1. The van der Waals surface area contributed by atoms with Gasteiger partial charge in [-0.3, -0.25) is 4.79 Å². The summed E-state index contributed by atoms with van der Waals surface area (Å²) in [7, 11) is 0. The average Bonchev–Trinajstić information content (AvgIpc) is 2.98. The van der Waals surface area contributed by atoms with Gasteiger partial charge in [-0.2, -0.15) is 5.26 Å². The molecule has 8 nitrogen and oxygen atoms in total. The molecule has 2 heterocycles. The van der Waals surface area contributed by atoms with Gasteiger partial charge in [0.15, 0.2) is 0 Å². The number of hydrogen-bond donors (Lipinski definition) is 4. The van der Waals surface area contributed by atoms with Crippen LogP contribution in [0.25, 0.3) is 0 Å². The summed E-state index contributed by atoms with van der Waals surface area (Å²) in [6, 6.07) is 20.8. The van der Waals surface area contributed by atoms with Crippen LogP contribution < -0.4 is 30.7 Å². The minimum Gasteiger partial charge on any atom is -0.492 e. The molecular weight excluding hydrogens is 526 g/mol. The van der Waals surface area contributed by atoms with E-state index in [9.17, 15) is 10.1 Å². The molecule has 2 aliphatic heterocycles. The summed E-state index contributed by atoms with van der Waals surface area (Å²) >= 11 is 6.60. The molecule has 5 rings (SSSR count). The summed E-state index contributed by atoms with van der Waals surface area (Å²) < 4.78 is 11.9. The molecule has 0 spiro atoms. The fraction of sp³-hybridized carbons (Fsp3) is 0.355. The Hall–Kier alpha value is -3.93. The number of nitrogens with one attached hydrogen (secondary N) is 4. The summed E-state index contributed by atoms with van der Waals surface area (Å²) in [6.07, 6.45) is 3.51. The number of piperidine rings is 1. The van der Waals surface area contributed by atoms with E-state index in [0.29, 0.717) is 53.6 Å². The van der Waals surface area contributed by atoms with E-state index in [0.717, 1.165) is 29.9 Å². The average molecular weight is 560 g/mol. The minimum atomic E-state index is -0.366. The van der Waals surface area contributed by atoms with Crippen molar-refractivity contribution in [1.82, 2.24) is 5.32 Å². The molecule has 3 aromatic carbocycles. The van der Waals surface area contributed by atoms with Gasteiger partial charge in [0.2, 0.25) is 0 Å². The maximum Gasteiger partial charge on any atom is 0.255 e. The van der Waals surface area contributed by atoms with Gasteiger partial charge in [-0.25, -0.2) is 0 Å². The highest BCUT2D eigenvalue weighted by atomic mass is 35.5. The molecule has 208 valence electrons. The monoisotopic (exact) mass is 559 g/mol. The lowest BCUT2D eigenvalue weighted by molar-refractivity contribution is 0.102. The zero-order valence-electron chi connectivity index (χ0n) is 22.5. The Balaban J connectivity index is 1.38. The Morgan fingerprint density at radius 2 is 1.95 bits per heavy atom. The van der Waals surface area contributed by atoms with E-state index in [1.54, 1.807) is 12.1 Å². The maximum atomic E-state index is 13.0. The number of amides is 1. The van der Waals surface area contributed by atoms with Crippen LogP contribution in [0, 0.1) is 17.2 Å².